The first-order valence-electron chi connectivity index (χ1n) is 19.4. The van der Waals surface area contributed by atoms with Gasteiger partial charge in [0.15, 0.2) is 0 Å². The van der Waals surface area contributed by atoms with E-state index in [9.17, 15) is 0 Å². The molecule has 2 heteroatoms. The van der Waals surface area contributed by atoms with Gasteiger partial charge in [-0.3, -0.25) is 0 Å². The molecule has 0 unspecified atom stereocenters. The molecule has 0 fully saturated rings. The fourth-order valence-electron chi connectivity index (χ4n) is 7.04. The number of nitrogens with two attached hydrogens (primary N) is 2. The smallest absolute Gasteiger partial charge is 0.0316 e. The zero-order valence-corrected chi connectivity index (χ0v) is 30.4. The van der Waals surface area contributed by atoms with Crippen LogP contribution < -0.4 is 11.5 Å². The standard InChI is InChI=1S/C46H64N2/c1-3-5-7-9-11-13-19-41-35-45(47)31-29-43(41)33-39-25-21-37(22-26-39)17-15-16-18-38-23-27-40(28-24-38)34-44-30-32-46(48)36-42(44)20-14-12-10-8-6-4-2/h21-32,35-36H,3-20,33-34,47-48H2,1-2H3. The van der Waals surface area contributed by atoms with E-state index in [-0.39, 0.29) is 0 Å². The topological polar surface area (TPSA) is 52.0 Å². The Balaban J connectivity index is 1.19. The molecule has 48 heavy (non-hydrogen) atoms. The van der Waals surface area contributed by atoms with Crippen molar-refractivity contribution in [3.63, 3.8) is 0 Å². The molecule has 4 aromatic carbocycles. The predicted molar refractivity (Wildman–Crippen MR) is 211 cm³/mol. The molecule has 0 aliphatic rings. The molecule has 4 N–H and O–H groups in total. The van der Waals surface area contributed by atoms with Crippen LogP contribution in [0.3, 0.4) is 0 Å². The normalized spacial score (nSPS) is 11.3. The summed E-state index contributed by atoms with van der Waals surface area (Å²) in [6.45, 7) is 4.56. The van der Waals surface area contributed by atoms with Gasteiger partial charge in [-0.25, -0.2) is 0 Å². The molecule has 0 aromatic heterocycles. The summed E-state index contributed by atoms with van der Waals surface area (Å²) in [5.74, 6) is 0. The maximum absolute atomic E-state index is 6.17. The lowest BCUT2D eigenvalue weighted by atomic mass is 9.94. The molecule has 0 saturated heterocycles. The summed E-state index contributed by atoms with van der Waals surface area (Å²) in [6.07, 6.45) is 24.9. The van der Waals surface area contributed by atoms with E-state index in [1.807, 2.05) is 0 Å². The van der Waals surface area contributed by atoms with Crippen molar-refractivity contribution in [3.05, 3.63) is 129 Å². The predicted octanol–water partition coefficient (Wildman–Crippen LogP) is 12.4. The van der Waals surface area contributed by atoms with Crippen molar-refractivity contribution in [1.82, 2.24) is 0 Å². The quantitative estimate of drug-likeness (QED) is 0.0623. The Hall–Kier alpha value is -3.52. The molecule has 258 valence electrons. The zero-order chi connectivity index (χ0) is 33.8. The first-order chi connectivity index (χ1) is 23.5. The van der Waals surface area contributed by atoms with Crippen LogP contribution in [0.15, 0.2) is 84.9 Å². The van der Waals surface area contributed by atoms with Crippen molar-refractivity contribution in [2.24, 2.45) is 0 Å². The number of hydrogen-bond donors (Lipinski definition) is 2. The van der Waals surface area contributed by atoms with Crippen molar-refractivity contribution in [2.75, 3.05) is 11.5 Å². The molecule has 0 amide bonds. The van der Waals surface area contributed by atoms with Crippen LogP contribution in [0.4, 0.5) is 11.4 Å². The molecule has 0 aliphatic heterocycles. The van der Waals surface area contributed by atoms with E-state index in [2.05, 4.69) is 98.8 Å². The van der Waals surface area contributed by atoms with Crippen LogP contribution in [0.5, 0.6) is 0 Å². The Morgan fingerprint density at radius 2 is 0.667 bits per heavy atom. The van der Waals surface area contributed by atoms with Crippen LogP contribution in [-0.4, -0.2) is 0 Å². The molecule has 0 heterocycles. The molecule has 4 rings (SSSR count). The summed E-state index contributed by atoms with van der Waals surface area (Å²) >= 11 is 0. The fraction of sp³-hybridized carbons (Fsp3) is 0.478. The maximum Gasteiger partial charge on any atom is 0.0316 e. The summed E-state index contributed by atoms with van der Waals surface area (Å²) in [7, 11) is 0. The molecular weight excluding hydrogens is 581 g/mol. The van der Waals surface area contributed by atoms with Gasteiger partial charge < -0.3 is 11.5 Å². The van der Waals surface area contributed by atoms with Gasteiger partial charge in [-0.1, -0.05) is 139 Å². The van der Waals surface area contributed by atoms with E-state index >= 15 is 0 Å². The summed E-state index contributed by atoms with van der Waals surface area (Å²) in [5.41, 5.74) is 25.5. The molecule has 0 spiro atoms. The maximum atomic E-state index is 6.17. The minimum atomic E-state index is 0.886. The minimum Gasteiger partial charge on any atom is -0.399 e. The van der Waals surface area contributed by atoms with Gasteiger partial charge in [-0.2, -0.15) is 0 Å². The Morgan fingerprint density at radius 3 is 1.06 bits per heavy atom. The van der Waals surface area contributed by atoms with Crippen LogP contribution in [-0.2, 0) is 38.5 Å². The Bertz CT molecular complexity index is 1340. The van der Waals surface area contributed by atoms with Crippen molar-refractivity contribution >= 4 is 11.4 Å². The average molecular weight is 645 g/mol. The van der Waals surface area contributed by atoms with E-state index in [0.717, 1.165) is 49.9 Å². The van der Waals surface area contributed by atoms with E-state index in [1.54, 1.807) is 0 Å². The Labute approximate surface area is 293 Å². The molecule has 0 aliphatic carbocycles. The monoisotopic (exact) mass is 645 g/mol. The summed E-state index contributed by atoms with van der Waals surface area (Å²) in [4.78, 5) is 0. The zero-order valence-electron chi connectivity index (χ0n) is 30.4. The van der Waals surface area contributed by atoms with Crippen molar-refractivity contribution in [1.29, 1.82) is 0 Å². The largest absolute Gasteiger partial charge is 0.399 e. The second-order valence-corrected chi connectivity index (χ2v) is 14.3. The van der Waals surface area contributed by atoms with Crippen molar-refractivity contribution < 1.29 is 0 Å². The van der Waals surface area contributed by atoms with Crippen LogP contribution >= 0.6 is 0 Å². The van der Waals surface area contributed by atoms with Crippen LogP contribution in [0.2, 0.25) is 0 Å². The molecule has 0 bridgehead atoms. The van der Waals surface area contributed by atoms with Gasteiger partial charge in [0, 0.05) is 11.4 Å². The number of aryl methyl sites for hydroxylation is 4. The fourth-order valence-corrected chi connectivity index (χ4v) is 7.04. The van der Waals surface area contributed by atoms with Gasteiger partial charge in [-0.15, -0.1) is 0 Å². The lowest BCUT2D eigenvalue weighted by molar-refractivity contribution is 0.607. The first-order valence-corrected chi connectivity index (χ1v) is 19.4. The second kappa shape index (κ2) is 21.5. The molecule has 0 radical (unpaired) electrons. The molecular formula is C46H64N2. The third-order valence-corrected chi connectivity index (χ3v) is 10.1. The van der Waals surface area contributed by atoms with Gasteiger partial charge in [0.1, 0.15) is 0 Å². The van der Waals surface area contributed by atoms with Crippen molar-refractivity contribution in [2.45, 2.75) is 142 Å². The van der Waals surface area contributed by atoms with E-state index in [0.29, 0.717) is 0 Å². The number of benzene rings is 4. The number of hydrogen-bond acceptors (Lipinski definition) is 2. The highest BCUT2D eigenvalue weighted by atomic mass is 14.5. The van der Waals surface area contributed by atoms with Gasteiger partial charge >= 0.3 is 0 Å². The highest BCUT2D eigenvalue weighted by Gasteiger charge is 2.08. The minimum absolute atomic E-state index is 0.886. The average Bonchev–Trinajstić information content (AvgIpc) is 3.10. The van der Waals surface area contributed by atoms with Gasteiger partial charge in [0.25, 0.3) is 0 Å². The van der Waals surface area contributed by atoms with Gasteiger partial charge in [-0.05, 0) is 133 Å². The summed E-state index contributed by atoms with van der Waals surface area (Å²) in [6, 6.07) is 31.7. The third-order valence-electron chi connectivity index (χ3n) is 10.1. The van der Waals surface area contributed by atoms with Gasteiger partial charge in [0.2, 0.25) is 0 Å². The van der Waals surface area contributed by atoms with Gasteiger partial charge in [0.05, 0.1) is 0 Å². The van der Waals surface area contributed by atoms with Crippen LogP contribution in [0.1, 0.15) is 148 Å². The van der Waals surface area contributed by atoms with E-state index in [1.165, 1.54) is 134 Å². The number of nitrogen functional groups attached to an aromatic ring is 2. The number of unbranched alkanes of at least 4 members (excludes halogenated alkanes) is 11. The Kier molecular flexibility index (Phi) is 16.7. The lowest BCUT2D eigenvalue weighted by Crippen LogP contribution is -1.99. The van der Waals surface area contributed by atoms with E-state index < -0.39 is 0 Å². The van der Waals surface area contributed by atoms with Crippen LogP contribution in [0, 0.1) is 0 Å². The molecule has 0 saturated carbocycles. The molecule has 2 nitrogen and oxygen atoms in total. The van der Waals surface area contributed by atoms with Crippen molar-refractivity contribution in [3.8, 4) is 0 Å². The lowest BCUT2D eigenvalue weighted by Gasteiger charge is -2.12. The molecule has 4 aromatic rings. The highest BCUT2D eigenvalue weighted by molar-refractivity contribution is 5.47. The highest BCUT2D eigenvalue weighted by Crippen LogP contribution is 2.23. The SMILES string of the molecule is CCCCCCCCc1cc(N)ccc1Cc1ccc(CCCCc2ccc(Cc3ccc(N)cc3CCCCCCCC)cc2)cc1. The molecule has 0 atom stereocenters. The first kappa shape index (κ1) is 37.3. The van der Waals surface area contributed by atoms with Crippen LogP contribution in [0.25, 0.3) is 0 Å². The third kappa shape index (κ3) is 13.5. The number of rotatable bonds is 23. The number of anilines is 2. The summed E-state index contributed by atoms with van der Waals surface area (Å²) in [5, 5.41) is 0. The second-order valence-electron chi connectivity index (χ2n) is 14.3. The van der Waals surface area contributed by atoms with E-state index in [4.69, 9.17) is 11.5 Å². The Morgan fingerprint density at radius 1 is 0.333 bits per heavy atom. The summed E-state index contributed by atoms with van der Waals surface area (Å²) < 4.78 is 0.